The molecule has 0 spiro atoms. The van der Waals surface area contributed by atoms with Gasteiger partial charge in [0.1, 0.15) is 0 Å². The molecule has 1 fully saturated rings. The Morgan fingerprint density at radius 1 is 1.44 bits per heavy atom. The van der Waals surface area contributed by atoms with E-state index < -0.39 is 0 Å². The minimum absolute atomic E-state index is 0.180. The van der Waals surface area contributed by atoms with E-state index in [0.717, 1.165) is 36.2 Å². The van der Waals surface area contributed by atoms with Crippen molar-refractivity contribution in [3.05, 3.63) is 33.2 Å². The zero-order valence-corrected chi connectivity index (χ0v) is 11.5. The Bertz CT molecular complexity index is 475. The standard InChI is InChI=1S/C14H22N2O2/c1-10-8-11(2)16(12-4-5-12)14(17)13(10)9-15-6-7-18-3/h8,12,15H,4-7,9H2,1-3H3. The number of aryl methyl sites for hydroxylation is 2. The van der Waals surface area contributed by atoms with Crippen LogP contribution in [0.4, 0.5) is 0 Å². The van der Waals surface area contributed by atoms with Crippen LogP contribution in [0.15, 0.2) is 10.9 Å². The van der Waals surface area contributed by atoms with Crippen molar-refractivity contribution in [1.82, 2.24) is 9.88 Å². The summed E-state index contributed by atoms with van der Waals surface area (Å²) in [6, 6.07) is 2.56. The van der Waals surface area contributed by atoms with E-state index in [4.69, 9.17) is 4.74 Å². The van der Waals surface area contributed by atoms with Gasteiger partial charge >= 0.3 is 0 Å². The Morgan fingerprint density at radius 2 is 2.17 bits per heavy atom. The van der Waals surface area contributed by atoms with E-state index in [9.17, 15) is 4.79 Å². The van der Waals surface area contributed by atoms with Crippen LogP contribution in [0.25, 0.3) is 0 Å². The van der Waals surface area contributed by atoms with Gasteiger partial charge in [0.05, 0.1) is 6.61 Å². The van der Waals surface area contributed by atoms with Crippen LogP contribution in [0.5, 0.6) is 0 Å². The van der Waals surface area contributed by atoms with Gasteiger partial charge in [-0.05, 0) is 38.3 Å². The highest BCUT2D eigenvalue weighted by Gasteiger charge is 2.27. The molecule has 0 radical (unpaired) electrons. The minimum Gasteiger partial charge on any atom is -0.383 e. The molecule has 2 rings (SSSR count). The number of hydrogen-bond acceptors (Lipinski definition) is 3. The van der Waals surface area contributed by atoms with Crippen molar-refractivity contribution in [1.29, 1.82) is 0 Å². The molecule has 1 aromatic heterocycles. The predicted octanol–water partition coefficient (Wildman–Crippen LogP) is 1.54. The summed E-state index contributed by atoms with van der Waals surface area (Å²) in [5.74, 6) is 0. The summed E-state index contributed by atoms with van der Waals surface area (Å²) in [5.41, 5.74) is 3.24. The van der Waals surface area contributed by atoms with Crippen LogP contribution >= 0.6 is 0 Å². The van der Waals surface area contributed by atoms with E-state index in [-0.39, 0.29) is 5.56 Å². The lowest BCUT2D eigenvalue weighted by atomic mass is 10.1. The van der Waals surface area contributed by atoms with Gasteiger partial charge in [0.25, 0.3) is 5.56 Å². The predicted molar refractivity (Wildman–Crippen MR) is 72.0 cm³/mol. The van der Waals surface area contributed by atoms with Crippen molar-refractivity contribution in [2.75, 3.05) is 20.3 Å². The van der Waals surface area contributed by atoms with Gasteiger partial charge in [-0.25, -0.2) is 0 Å². The van der Waals surface area contributed by atoms with Gasteiger partial charge in [0.15, 0.2) is 0 Å². The second kappa shape index (κ2) is 5.67. The molecule has 4 heteroatoms. The van der Waals surface area contributed by atoms with Crippen molar-refractivity contribution in [2.24, 2.45) is 0 Å². The number of nitrogens with one attached hydrogen (secondary N) is 1. The molecule has 0 amide bonds. The van der Waals surface area contributed by atoms with Crippen molar-refractivity contribution in [3.63, 3.8) is 0 Å². The van der Waals surface area contributed by atoms with Gasteiger partial charge < -0.3 is 14.6 Å². The molecule has 100 valence electrons. The average Bonchev–Trinajstić information content (AvgIpc) is 3.12. The molecule has 1 aliphatic carbocycles. The smallest absolute Gasteiger partial charge is 0.255 e. The van der Waals surface area contributed by atoms with Gasteiger partial charge in [0.2, 0.25) is 0 Å². The van der Waals surface area contributed by atoms with E-state index >= 15 is 0 Å². The first-order valence-corrected chi connectivity index (χ1v) is 6.56. The average molecular weight is 250 g/mol. The Morgan fingerprint density at radius 3 is 2.78 bits per heavy atom. The Kier molecular flexibility index (Phi) is 4.19. The SMILES string of the molecule is COCCNCc1c(C)cc(C)n(C2CC2)c1=O. The summed E-state index contributed by atoms with van der Waals surface area (Å²) < 4.78 is 6.94. The van der Waals surface area contributed by atoms with Gasteiger partial charge in [-0.3, -0.25) is 4.79 Å². The summed E-state index contributed by atoms with van der Waals surface area (Å²) >= 11 is 0. The maximum Gasteiger partial charge on any atom is 0.255 e. The number of methoxy groups -OCH3 is 1. The van der Waals surface area contributed by atoms with Gasteiger partial charge in [-0.1, -0.05) is 0 Å². The molecular formula is C14H22N2O2. The fraction of sp³-hybridized carbons (Fsp3) is 0.643. The van der Waals surface area contributed by atoms with Crippen LogP contribution in [-0.2, 0) is 11.3 Å². The van der Waals surface area contributed by atoms with Crippen LogP contribution < -0.4 is 10.9 Å². The minimum atomic E-state index is 0.180. The van der Waals surface area contributed by atoms with E-state index in [0.29, 0.717) is 19.2 Å². The van der Waals surface area contributed by atoms with Crippen LogP contribution in [0, 0.1) is 13.8 Å². The Balaban J connectivity index is 2.18. The van der Waals surface area contributed by atoms with E-state index in [1.54, 1.807) is 7.11 Å². The summed E-state index contributed by atoms with van der Waals surface area (Å²) in [5, 5.41) is 3.25. The lowest BCUT2D eigenvalue weighted by Gasteiger charge is -2.14. The Hall–Kier alpha value is -1.13. The van der Waals surface area contributed by atoms with E-state index in [1.165, 1.54) is 0 Å². The van der Waals surface area contributed by atoms with Crippen LogP contribution in [0.3, 0.4) is 0 Å². The molecule has 18 heavy (non-hydrogen) atoms. The lowest BCUT2D eigenvalue weighted by Crippen LogP contribution is -2.30. The van der Waals surface area contributed by atoms with Gasteiger partial charge in [-0.2, -0.15) is 0 Å². The molecule has 0 saturated heterocycles. The van der Waals surface area contributed by atoms with Crippen LogP contribution in [0.2, 0.25) is 0 Å². The molecule has 1 aromatic rings. The molecule has 1 aliphatic rings. The largest absolute Gasteiger partial charge is 0.383 e. The number of rotatable bonds is 6. The first-order valence-electron chi connectivity index (χ1n) is 6.56. The third kappa shape index (κ3) is 2.82. The summed E-state index contributed by atoms with van der Waals surface area (Å²) in [6.07, 6.45) is 2.28. The zero-order chi connectivity index (χ0) is 13.1. The van der Waals surface area contributed by atoms with Crippen molar-refractivity contribution in [3.8, 4) is 0 Å². The quantitative estimate of drug-likeness (QED) is 0.779. The maximum atomic E-state index is 12.4. The highest BCUT2D eigenvalue weighted by atomic mass is 16.5. The van der Waals surface area contributed by atoms with Crippen molar-refractivity contribution in [2.45, 2.75) is 39.3 Å². The summed E-state index contributed by atoms with van der Waals surface area (Å²) in [6.45, 7) is 6.10. The number of ether oxygens (including phenoxy) is 1. The van der Waals surface area contributed by atoms with E-state index in [2.05, 4.69) is 11.4 Å². The normalized spacial score (nSPS) is 15.1. The molecule has 0 atom stereocenters. The number of nitrogens with zero attached hydrogens (tertiary/aromatic N) is 1. The molecule has 4 nitrogen and oxygen atoms in total. The van der Waals surface area contributed by atoms with Gasteiger partial charge in [0, 0.05) is 37.5 Å². The van der Waals surface area contributed by atoms with Crippen molar-refractivity contribution < 1.29 is 4.74 Å². The summed E-state index contributed by atoms with van der Waals surface area (Å²) in [4.78, 5) is 12.4. The third-order valence-corrected chi connectivity index (χ3v) is 3.46. The maximum absolute atomic E-state index is 12.4. The molecule has 0 bridgehead atoms. The topological polar surface area (TPSA) is 43.3 Å². The molecule has 1 N–H and O–H groups in total. The summed E-state index contributed by atoms with van der Waals surface area (Å²) in [7, 11) is 1.68. The highest BCUT2D eigenvalue weighted by Crippen LogP contribution is 2.34. The number of pyridine rings is 1. The van der Waals surface area contributed by atoms with Crippen LogP contribution in [-0.4, -0.2) is 24.8 Å². The molecule has 0 aromatic carbocycles. The molecular weight excluding hydrogens is 228 g/mol. The zero-order valence-electron chi connectivity index (χ0n) is 11.5. The Labute approximate surface area is 108 Å². The number of hydrogen-bond donors (Lipinski definition) is 1. The molecule has 1 heterocycles. The third-order valence-electron chi connectivity index (χ3n) is 3.46. The van der Waals surface area contributed by atoms with Crippen LogP contribution in [0.1, 0.15) is 35.7 Å². The first-order chi connectivity index (χ1) is 8.65. The molecule has 0 unspecified atom stereocenters. The fourth-order valence-corrected chi connectivity index (χ4v) is 2.33. The lowest BCUT2D eigenvalue weighted by molar-refractivity contribution is 0.199. The molecule has 1 saturated carbocycles. The van der Waals surface area contributed by atoms with Gasteiger partial charge in [-0.15, -0.1) is 0 Å². The highest BCUT2D eigenvalue weighted by molar-refractivity contribution is 5.27. The van der Waals surface area contributed by atoms with E-state index in [1.807, 2.05) is 18.4 Å². The van der Waals surface area contributed by atoms with Crippen molar-refractivity contribution >= 4 is 0 Å². The molecule has 0 aliphatic heterocycles. The monoisotopic (exact) mass is 250 g/mol. The second-order valence-corrected chi connectivity index (χ2v) is 5.02. The first kappa shape index (κ1) is 13.3. The second-order valence-electron chi connectivity index (χ2n) is 5.02. The number of aromatic nitrogens is 1. The fourth-order valence-electron chi connectivity index (χ4n) is 2.33.